The first-order valence-electron chi connectivity index (χ1n) is 5.51. The maximum atomic E-state index is 5.58. The van der Waals surface area contributed by atoms with Crippen LogP contribution in [0.3, 0.4) is 0 Å². The van der Waals surface area contributed by atoms with Gasteiger partial charge in [0.05, 0.1) is 20.5 Å². The molecule has 5 heteroatoms. The van der Waals surface area contributed by atoms with Gasteiger partial charge in [0.25, 0.3) is 0 Å². The number of rotatable bonds is 5. The van der Waals surface area contributed by atoms with Crippen LogP contribution in [0.1, 0.15) is 17.4 Å². The Morgan fingerprint density at radius 3 is 2.50 bits per heavy atom. The fraction of sp³-hybridized carbons (Fsp3) is 0.231. The summed E-state index contributed by atoms with van der Waals surface area (Å²) in [6, 6.07) is 9.07. The van der Waals surface area contributed by atoms with E-state index < -0.39 is 0 Å². The molecule has 0 amide bonds. The first-order valence-corrected chi connectivity index (χ1v) is 5.51. The van der Waals surface area contributed by atoms with Crippen LogP contribution in [0.4, 0.5) is 0 Å². The van der Waals surface area contributed by atoms with Gasteiger partial charge >= 0.3 is 0 Å². The molecule has 0 aliphatic rings. The number of methoxy groups -OCH3 is 2. The van der Waals surface area contributed by atoms with E-state index in [2.05, 4.69) is 5.43 Å². The minimum absolute atomic E-state index is 0.222. The van der Waals surface area contributed by atoms with Crippen LogP contribution in [-0.4, -0.2) is 14.2 Å². The Kier molecular flexibility index (Phi) is 3.86. The van der Waals surface area contributed by atoms with E-state index in [-0.39, 0.29) is 6.04 Å². The number of ether oxygens (including phenoxy) is 2. The summed E-state index contributed by atoms with van der Waals surface area (Å²) in [4.78, 5) is 0. The molecule has 2 rings (SSSR count). The molecule has 96 valence electrons. The first-order chi connectivity index (χ1) is 8.80. The van der Waals surface area contributed by atoms with Crippen molar-refractivity contribution in [2.75, 3.05) is 14.2 Å². The summed E-state index contributed by atoms with van der Waals surface area (Å²) < 4.78 is 15.8. The van der Waals surface area contributed by atoms with Gasteiger partial charge in [0, 0.05) is 0 Å². The lowest BCUT2D eigenvalue weighted by atomic mass is 10.0. The summed E-state index contributed by atoms with van der Waals surface area (Å²) in [5.74, 6) is 7.65. The zero-order valence-corrected chi connectivity index (χ0v) is 10.3. The summed E-state index contributed by atoms with van der Waals surface area (Å²) in [5.41, 5.74) is 3.65. The lowest BCUT2D eigenvalue weighted by molar-refractivity contribution is 0.353. The minimum Gasteiger partial charge on any atom is -0.493 e. The van der Waals surface area contributed by atoms with Crippen molar-refractivity contribution in [3.05, 3.63) is 47.9 Å². The van der Waals surface area contributed by atoms with Gasteiger partial charge in [0.1, 0.15) is 11.8 Å². The Morgan fingerprint density at radius 1 is 1.17 bits per heavy atom. The maximum Gasteiger partial charge on any atom is 0.161 e. The zero-order chi connectivity index (χ0) is 13.0. The van der Waals surface area contributed by atoms with E-state index in [1.54, 1.807) is 20.5 Å². The number of hydrazine groups is 1. The Hall–Kier alpha value is -1.98. The molecule has 0 radical (unpaired) electrons. The van der Waals surface area contributed by atoms with Gasteiger partial charge < -0.3 is 13.9 Å². The molecule has 1 atom stereocenters. The van der Waals surface area contributed by atoms with Crippen molar-refractivity contribution < 1.29 is 13.9 Å². The second-order valence-corrected chi connectivity index (χ2v) is 3.73. The Balaban J connectivity index is 2.37. The molecule has 3 N–H and O–H groups in total. The number of furan rings is 1. The molecule has 0 saturated heterocycles. The van der Waals surface area contributed by atoms with E-state index in [0.717, 1.165) is 11.3 Å². The predicted molar refractivity (Wildman–Crippen MR) is 67.4 cm³/mol. The fourth-order valence-electron chi connectivity index (χ4n) is 1.83. The Morgan fingerprint density at radius 2 is 1.94 bits per heavy atom. The van der Waals surface area contributed by atoms with Gasteiger partial charge in [-0.15, -0.1) is 0 Å². The second-order valence-electron chi connectivity index (χ2n) is 3.73. The van der Waals surface area contributed by atoms with Crippen molar-refractivity contribution in [2.45, 2.75) is 6.04 Å². The largest absolute Gasteiger partial charge is 0.493 e. The highest BCUT2D eigenvalue weighted by atomic mass is 16.5. The van der Waals surface area contributed by atoms with Crippen LogP contribution in [0.2, 0.25) is 0 Å². The third-order valence-corrected chi connectivity index (χ3v) is 2.74. The van der Waals surface area contributed by atoms with Gasteiger partial charge in [-0.2, -0.15) is 0 Å². The molecule has 1 unspecified atom stereocenters. The molecule has 0 bridgehead atoms. The minimum atomic E-state index is -0.222. The standard InChI is InChI=1S/C13H16N2O3/c1-16-10-6-5-9(8-12(10)17-2)13(15-14)11-4-3-7-18-11/h3-8,13,15H,14H2,1-2H3. The van der Waals surface area contributed by atoms with E-state index in [4.69, 9.17) is 19.7 Å². The highest BCUT2D eigenvalue weighted by molar-refractivity contribution is 5.45. The molecule has 0 saturated carbocycles. The molecule has 0 aliphatic heterocycles. The van der Waals surface area contributed by atoms with Crippen molar-refractivity contribution >= 4 is 0 Å². The van der Waals surface area contributed by atoms with Crippen molar-refractivity contribution in [3.8, 4) is 11.5 Å². The summed E-state index contributed by atoms with van der Waals surface area (Å²) in [5, 5.41) is 0. The average molecular weight is 248 g/mol. The summed E-state index contributed by atoms with van der Waals surface area (Å²) in [6.45, 7) is 0. The number of nitrogens with two attached hydrogens (primary N) is 1. The molecule has 0 aliphatic carbocycles. The van der Waals surface area contributed by atoms with Crippen molar-refractivity contribution in [1.29, 1.82) is 0 Å². The van der Waals surface area contributed by atoms with Crippen LogP contribution in [0, 0.1) is 0 Å². The lowest BCUT2D eigenvalue weighted by Crippen LogP contribution is -2.28. The van der Waals surface area contributed by atoms with Crippen molar-refractivity contribution in [1.82, 2.24) is 5.43 Å². The molecule has 2 aromatic rings. The Bertz CT molecular complexity index is 497. The smallest absolute Gasteiger partial charge is 0.161 e. The molecular formula is C13H16N2O3. The molecular weight excluding hydrogens is 232 g/mol. The summed E-state index contributed by atoms with van der Waals surface area (Å²) in [7, 11) is 3.20. The normalized spacial score (nSPS) is 12.2. The van der Waals surface area contributed by atoms with Crippen LogP contribution >= 0.6 is 0 Å². The molecule has 1 aromatic carbocycles. The van der Waals surface area contributed by atoms with Gasteiger partial charge in [-0.25, -0.2) is 5.43 Å². The van der Waals surface area contributed by atoms with Crippen molar-refractivity contribution in [3.63, 3.8) is 0 Å². The molecule has 0 fully saturated rings. The lowest BCUT2D eigenvalue weighted by Gasteiger charge is -2.16. The number of hydrogen-bond donors (Lipinski definition) is 2. The van der Waals surface area contributed by atoms with Gasteiger partial charge in [-0.1, -0.05) is 6.07 Å². The highest BCUT2D eigenvalue weighted by Crippen LogP contribution is 2.31. The SMILES string of the molecule is COc1ccc(C(NN)c2ccco2)cc1OC. The van der Waals surface area contributed by atoms with Gasteiger partial charge in [0.2, 0.25) is 0 Å². The molecule has 1 heterocycles. The van der Waals surface area contributed by atoms with Crippen LogP contribution in [0.25, 0.3) is 0 Å². The monoisotopic (exact) mass is 248 g/mol. The van der Waals surface area contributed by atoms with Crippen LogP contribution in [0.15, 0.2) is 41.0 Å². The van der Waals surface area contributed by atoms with E-state index in [0.29, 0.717) is 11.5 Å². The van der Waals surface area contributed by atoms with E-state index in [9.17, 15) is 0 Å². The van der Waals surface area contributed by atoms with E-state index in [1.165, 1.54) is 0 Å². The maximum absolute atomic E-state index is 5.58. The number of hydrogen-bond acceptors (Lipinski definition) is 5. The van der Waals surface area contributed by atoms with Gasteiger partial charge in [-0.3, -0.25) is 5.84 Å². The van der Waals surface area contributed by atoms with Crippen LogP contribution < -0.4 is 20.7 Å². The molecule has 1 aromatic heterocycles. The third-order valence-electron chi connectivity index (χ3n) is 2.74. The van der Waals surface area contributed by atoms with Crippen molar-refractivity contribution in [2.24, 2.45) is 5.84 Å². The average Bonchev–Trinajstić information content (AvgIpc) is 2.93. The predicted octanol–water partition coefficient (Wildman–Crippen LogP) is 1.85. The highest BCUT2D eigenvalue weighted by Gasteiger charge is 2.17. The number of benzene rings is 1. The third kappa shape index (κ3) is 2.32. The molecule has 5 nitrogen and oxygen atoms in total. The van der Waals surface area contributed by atoms with Crippen LogP contribution in [0.5, 0.6) is 11.5 Å². The van der Waals surface area contributed by atoms with Gasteiger partial charge in [0.15, 0.2) is 11.5 Å². The van der Waals surface area contributed by atoms with Crippen LogP contribution in [-0.2, 0) is 0 Å². The summed E-state index contributed by atoms with van der Waals surface area (Å²) in [6.07, 6.45) is 1.61. The molecule has 0 spiro atoms. The Labute approximate surface area is 105 Å². The quantitative estimate of drug-likeness (QED) is 0.624. The molecule has 18 heavy (non-hydrogen) atoms. The zero-order valence-electron chi connectivity index (χ0n) is 10.3. The fourth-order valence-corrected chi connectivity index (χ4v) is 1.83. The topological polar surface area (TPSA) is 69.7 Å². The second kappa shape index (κ2) is 5.57. The van der Waals surface area contributed by atoms with E-state index >= 15 is 0 Å². The first kappa shape index (κ1) is 12.5. The summed E-state index contributed by atoms with van der Waals surface area (Å²) >= 11 is 0. The number of nitrogens with one attached hydrogen (secondary N) is 1. The van der Waals surface area contributed by atoms with Gasteiger partial charge in [-0.05, 0) is 29.8 Å². The van der Waals surface area contributed by atoms with E-state index in [1.807, 2.05) is 30.3 Å².